The van der Waals surface area contributed by atoms with Gasteiger partial charge in [0.2, 0.25) is 11.8 Å². The van der Waals surface area contributed by atoms with Crippen LogP contribution >= 0.6 is 0 Å². The Balaban J connectivity index is 1.61. The number of carbonyl (C=O) groups excluding carboxylic acids is 3. The number of hydrazine groups is 1. The summed E-state index contributed by atoms with van der Waals surface area (Å²) < 4.78 is 4.79. The zero-order valence-electron chi connectivity index (χ0n) is 12.4. The quantitative estimate of drug-likeness (QED) is 0.686. The van der Waals surface area contributed by atoms with Gasteiger partial charge in [0.1, 0.15) is 6.26 Å². The van der Waals surface area contributed by atoms with Crippen molar-refractivity contribution >= 4 is 17.7 Å². The van der Waals surface area contributed by atoms with Gasteiger partial charge in [0.05, 0.1) is 18.2 Å². The Kier molecular flexibility index (Phi) is 5.93. The molecule has 1 heterocycles. The van der Waals surface area contributed by atoms with Crippen LogP contribution in [-0.2, 0) is 16.0 Å². The van der Waals surface area contributed by atoms with Crippen molar-refractivity contribution in [1.29, 1.82) is 0 Å². The molecule has 0 saturated carbocycles. The summed E-state index contributed by atoms with van der Waals surface area (Å²) in [4.78, 5) is 34.8. The second kappa shape index (κ2) is 8.38. The van der Waals surface area contributed by atoms with Crippen molar-refractivity contribution < 1.29 is 18.8 Å². The normalized spacial score (nSPS) is 9.91. The fourth-order valence-electron chi connectivity index (χ4n) is 1.81. The SMILES string of the molecule is O=C(CCNC(=O)c1ccoc1)NNC(=O)Cc1ccccc1. The van der Waals surface area contributed by atoms with Crippen LogP contribution in [0, 0.1) is 0 Å². The molecule has 0 aliphatic rings. The molecule has 3 N–H and O–H groups in total. The van der Waals surface area contributed by atoms with Gasteiger partial charge in [-0.1, -0.05) is 30.3 Å². The van der Waals surface area contributed by atoms with Crippen molar-refractivity contribution in [3.8, 4) is 0 Å². The molecule has 2 rings (SSSR count). The summed E-state index contributed by atoms with van der Waals surface area (Å²) in [5.41, 5.74) is 5.88. The molecular weight excluding hydrogens is 298 g/mol. The van der Waals surface area contributed by atoms with E-state index in [4.69, 9.17) is 4.42 Å². The van der Waals surface area contributed by atoms with E-state index in [1.54, 1.807) is 0 Å². The summed E-state index contributed by atoms with van der Waals surface area (Å²) in [5.74, 6) is -1.02. The standard InChI is InChI=1S/C16H17N3O4/c20-14(6-8-17-16(22)13-7-9-23-11-13)18-19-15(21)10-12-4-2-1-3-5-12/h1-5,7,9,11H,6,8,10H2,(H,17,22)(H,18,20)(H,19,21). The molecule has 0 unspecified atom stereocenters. The number of furan rings is 1. The van der Waals surface area contributed by atoms with Gasteiger partial charge in [-0.2, -0.15) is 0 Å². The number of rotatable bonds is 6. The summed E-state index contributed by atoms with van der Waals surface area (Å²) >= 11 is 0. The first-order valence-electron chi connectivity index (χ1n) is 7.07. The van der Waals surface area contributed by atoms with Crippen LogP contribution in [0.3, 0.4) is 0 Å². The lowest BCUT2D eigenvalue weighted by Gasteiger charge is -2.08. The molecule has 0 spiro atoms. The zero-order valence-corrected chi connectivity index (χ0v) is 12.4. The van der Waals surface area contributed by atoms with E-state index in [0.29, 0.717) is 5.56 Å². The smallest absolute Gasteiger partial charge is 0.254 e. The highest BCUT2D eigenvalue weighted by atomic mass is 16.3. The maximum atomic E-state index is 11.6. The number of carbonyl (C=O) groups is 3. The van der Waals surface area contributed by atoms with Crippen LogP contribution in [0.5, 0.6) is 0 Å². The van der Waals surface area contributed by atoms with E-state index >= 15 is 0 Å². The Morgan fingerprint density at radius 2 is 1.70 bits per heavy atom. The number of nitrogens with one attached hydrogen (secondary N) is 3. The molecule has 0 bridgehead atoms. The third-order valence-corrected chi connectivity index (χ3v) is 2.97. The first kappa shape index (κ1) is 16.3. The minimum atomic E-state index is -0.390. The topological polar surface area (TPSA) is 100 Å². The lowest BCUT2D eigenvalue weighted by atomic mass is 10.1. The molecule has 0 atom stereocenters. The van der Waals surface area contributed by atoms with Crippen LogP contribution in [0.1, 0.15) is 22.3 Å². The molecule has 0 fully saturated rings. The lowest BCUT2D eigenvalue weighted by Crippen LogP contribution is -2.43. The Bertz CT molecular complexity index is 653. The van der Waals surface area contributed by atoms with E-state index in [1.165, 1.54) is 18.6 Å². The first-order chi connectivity index (χ1) is 11.1. The molecule has 7 heteroatoms. The summed E-state index contributed by atoms with van der Waals surface area (Å²) in [5, 5.41) is 2.57. The molecule has 2 aromatic rings. The fraction of sp³-hybridized carbons (Fsp3) is 0.188. The molecule has 7 nitrogen and oxygen atoms in total. The highest BCUT2D eigenvalue weighted by molar-refractivity contribution is 5.94. The maximum absolute atomic E-state index is 11.6. The molecule has 23 heavy (non-hydrogen) atoms. The van der Waals surface area contributed by atoms with Gasteiger partial charge in [0.15, 0.2) is 0 Å². The summed E-state index contributed by atoms with van der Waals surface area (Å²) in [6.07, 6.45) is 2.94. The third kappa shape index (κ3) is 5.66. The van der Waals surface area contributed by atoms with Gasteiger partial charge in [-0.15, -0.1) is 0 Å². The second-order valence-corrected chi connectivity index (χ2v) is 4.78. The van der Waals surface area contributed by atoms with Crippen LogP contribution in [-0.4, -0.2) is 24.3 Å². The predicted molar refractivity (Wildman–Crippen MR) is 82.1 cm³/mol. The Hall–Kier alpha value is -3.09. The van der Waals surface area contributed by atoms with Gasteiger partial charge in [-0.05, 0) is 11.6 Å². The molecule has 0 saturated heterocycles. The first-order valence-corrected chi connectivity index (χ1v) is 7.07. The van der Waals surface area contributed by atoms with Crippen LogP contribution in [0.2, 0.25) is 0 Å². The lowest BCUT2D eigenvalue weighted by molar-refractivity contribution is -0.128. The van der Waals surface area contributed by atoms with E-state index < -0.39 is 0 Å². The molecular formula is C16H17N3O4. The second-order valence-electron chi connectivity index (χ2n) is 4.78. The van der Waals surface area contributed by atoms with Gasteiger partial charge in [-0.25, -0.2) is 0 Å². The monoisotopic (exact) mass is 315 g/mol. The summed E-state index contributed by atoms with van der Waals surface area (Å²) in [6.45, 7) is 0.157. The van der Waals surface area contributed by atoms with Gasteiger partial charge in [-0.3, -0.25) is 25.2 Å². The molecule has 120 valence electrons. The maximum Gasteiger partial charge on any atom is 0.254 e. The predicted octanol–water partition coefficient (Wildman–Crippen LogP) is 0.790. The number of hydrogen-bond acceptors (Lipinski definition) is 4. The molecule has 0 aliphatic heterocycles. The van der Waals surface area contributed by atoms with Crippen LogP contribution in [0.15, 0.2) is 53.3 Å². The third-order valence-electron chi connectivity index (χ3n) is 2.97. The van der Waals surface area contributed by atoms with Gasteiger partial charge >= 0.3 is 0 Å². The average Bonchev–Trinajstić information content (AvgIpc) is 3.08. The largest absolute Gasteiger partial charge is 0.472 e. The van der Waals surface area contributed by atoms with E-state index in [0.717, 1.165) is 5.56 Å². The molecule has 1 aromatic heterocycles. The number of amides is 3. The van der Waals surface area contributed by atoms with Gasteiger partial charge in [0, 0.05) is 13.0 Å². The summed E-state index contributed by atoms with van der Waals surface area (Å²) in [6, 6.07) is 10.7. The van der Waals surface area contributed by atoms with Crippen molar-refractivity contribution in [1.82, 2.24) is 16.2 Å². The van der Waals surface area contributed by atoms with Crippen LogP contribution in [0.25, 0.3) is 0 Å². The number of benzene rings is 1. The fourth-order valence-corrected chi connectivity index (χ4v) is 1.81. The Labute approximate surface area is 133 Å². The van der Waals surface area contributed by atoms with Gasteiger partial charge in [0.25, 0.3) is 5.91 Å². The highest BCUT2D eigenvalue weighted by Crippen LogP contribution is 1.99. The van der Waals surface area contributed by atoms with E-state index in [-0.39, 0.29) is 37.1 Å². The van der Waals surface area contributed by atoms with Crippen molar-refractivity contribution in [3.63, 3.8) is 0 Å². The van der Waals surface area contributed by atoms with E-state index in [2.05, 4.69) is 16.2 Å². The van der Waals surface area contributed by atoms with Gasteiger partial charge < -0.3 is 9.73 Å². The van der Waals surface area contributed by atoms with Crippen molar-refractivity contribution in [2.45, 2.75) is 12.8 Å². The Morgan fingerprint density at radius 3 is 2.39 bits per heavy atom. The Morgan fingerprint density at radius 1 is 0.957 bits per heavy atom. The summed E-state index contributed by atoms with van der Waals surface area (Å²) in [7, 11) is 0. The van der Waals surface area contributed by atoms with Crippen molar-refractivity contribution in [3.05, 3.63) is 60.1 Å². The zero-order chi connectivity index (χ0) is 16.5. The molecule has 1 aromatic carbocycles. The van der Waals surface area contributed by atoms with E-state index in [9.17, 15) is 14.4 Å². The van der Waals surface area contributed by atoms with Crippen LogP contribution in [0.4, 0.5) is 0 Å². The molecule has 0 aliphatic carbocycles. The number of hydrogen-bond donors (Lipinski definition) is 3. The van der Waals surface area contributed by atoms with E-state index in [1.807, 2.05) is 30.3 Å². The highest BCUT2D eigenvalue weighted by Gasteiger charge is 2.08. The molecule has 3 amide bonds. The average molecular weight is 315 g/mol. The van der Waals surface area contributed by atoms with Crippen LogP contribution < -0.4 is 16.2 Å². The molecule has 0 radical (unpaired) electrons. The van der Waals surface area contributed by atoms with Crippen molar-refractivity contribution in [2.24, 2.45) is 0 Å². The minimum absolute atomic E-state index is 0.0508. The minimum Gasteiger partial charge on any atom is -0.472 e. The van der Waals surface area contributed by atoms with Crippen molar-refractivity contribution in [2.75, 3.05) is 6.54 Å².